The molecule has 1 heterocycles. The summed E-state index contributed by atoms with van der Waals surface area (Å²) in [6.07, 6.45) is 0. The number of ether oxygens (including phenoxy) is 1. The predicted octanol–water partition coefficient (Wildman–Crippen LogP) is 5.70. The third kappa shape index (κ3) is 6.23. The number of nitrogens with one attached hydrogen (secondary N) is 2. The Labute approximate surface area is 198 Å². The highest BCUT2D eigenvalue weighted by atomic mass is 35.5. The number of hydrogen-bond donors (Lipinski definition) is 2. The number of thioether (sulfide) groups is 1. The highest BCUT2D eigenvalue weighted by Gasteiger charge is 2.10. The van der Waals surface area contributed by atoms with Crippen molar-refractivity contribution in [1.29, 1.82) is 0 Å². The van der Waals surface area contributed by atoms with Crippen molar-refractivity contribution in [2.45, 2.75) is 4.34 Å². The molecule has 0 radical (unpaired) electrons. The number of halogens is 1. The molecule has 0 saturated carbocycles. The maximum atomic E-state index is 12.2. The summed E-state index contributed by atoms with van der Waals surface area (Å²) in [6, 6.07) is 21.6. The van der Waals surface area contributed by atoms with Crippen LogP contribution in [0.15, 0.2) is 77.1 Å². The number of amides is 2. The van der Waals surface area contributed by atoms with Crippen LogP contribution in [-0.4, -0.2) is 29.2 Å². The minimum absolute atomic E-state index is 0.0748. The molecule has 4 aromatic rings. The van der Waals surface area contributed by atoms with E-state index in [9.17, 15) is 9.59 Å². The normalized spacial score (nSPS) is 10.7. The number of nitrogens with zero attached hydrogens (tertiary/aromatic N) is 1. The third-order valence-electron chi connectivity index (χ3n) is 4.22. The van der Waals surface area contributed by atoms with Crippen molar-refractivity contribution in [2.24, 2.45) is 0 Å². The van der Waals surface area contributed by atoms with E-state index in [1.54, 1.807) is 42.5 Å². The summed E-state index contributed by atoms with van der Waals surface area (Å²) >= 11 is 8.69. The van der Waals surface area contributed by atoms with E-state index in [0.29, 0.717) is 22.1 Å². The van der Waals surface area contributed by atoms with Crippen LogP contribution in [0.5, 0.6) is 5.75 Å². The molecule has 0 bridgehead atoms. The van der Waals surface area contributed by atoms with Gasteiger partial charge in [-0.15, -0.1) is 11.3 Å². The van der Waals surface area contributed by atoms with E-state index in [-0.39, 0.29) is 24.2 Å². The van der Waals surface area contributed by atoms with Gasteiger partial charge in [0.15, 0.2) is 10.9 Å². The Morgan fingerprint density at radius 3 is 2.44 bits per heavy atom. The fourth-order valence-corrected chi connectivity index (χ4v) is 4.80. The average molecular weight is 484 g/mol. The molecule has 3 aromatic carbocycles. The van der Waals surface area contributed by atoms with Crippen LogP contribution in [0.4, 0.5) is 11.4 Å². The smallest absolute Gasteiger partial charge is 0.262 e. The second kappa shape index (κ2) is 10.5. The van der Waals surface area contributed by atoms with Crippen LogP contribution in [0.1, 0.15) is 0 Å². The number of anilines is 2. The van der Waals surface area contributed by atoms with Crippen molar-refractivity contribution in [1.82, 2.24) is 4.98 Å². The van der Waals surface area contributed by atoms with Crippen LogP contribution >= 0.6 is 34.7 Å². The van der Waals surface area contributed by atoms with E-state index in [1.165, 1.54) is 23.1 Å². The molecule has 0 atom stereocenters. The molecule has 0 aliphatic carbocycles. The van der Waals surface area contributed by atoms with E-state index >= 15 is 0 Å². The molecule has 162 valence electrons. The van der Waals surface area contributed by atoms with Crippen molar-refractivity contribution in [3.63, 3.8) is 0 Å². The first-order valence-corrected chi connectivity index (χ1v) is 11.8. The van der Waals surface area contributed by atoms with Gasteiger partial charge in [-0.1, -0.05) is 41.6 Å². The highest BCUT2D eigenvalue weighted by molar-refractivity contribution is 8.01. The SMILES string of the molecule is O=C(COc1ccccc1)Nc1ccc2nc(SCC(=O)Nc3ccc(Cl)cc3)sc2c1. The van der Waals surface area contributed by atoms with E-state index in [1.807, 2.05) is 30.3 Å². The zero-order valence-electron chi connectivity index (χ0n) is 16.7. The van der Waals surface area contributed by atoms with Crippen LogP contribution < -0.4 is 15.4 Å². The zero-order chi connectivity index (χ0) is 22.3. The van der Waals surface area contributed by atoms with Crippen LogP contribution in [0.3, 0.4) is 0 Å². The summed E-state index contributed by atoms with van der Waals surface area (Å²) in [7, 11) is 0. The van der Waals surface area contributed by atoms with E-state index in [2.05, 4.69) is 15.6 Å². The Hall–Kier alpha value is -3.07. The maximum absolute atomic E-state index is 12.2. The molecule has 0 unspecified atom stereocenters. The summed E-state index contributed by atoms with van der Waals surface area (Å²) in [6.45, 7) is -0.0748. The lowest BCUT2D eigenvalue weighted by Crippen LogP contribution is -2.20. The van der Waals surface area contributed by atoms with Crippen molar-refractivity contribution in [2.75, 3.05) is 23.0 Å². The van der Waals surface area contributed by atoms with Crippen molar-refractivity contribution in [3.8, 4) is 5.75 Å². The summed E-state index contributed by atoms with van der Waals surface area (Å²) in [5.74, 6) is 0.513. The molecule has 6 nitrogen and oxygen atoms in total. The molecule has 2 amide bonds. The van der Waals surface area contributed by atoms with Crippen molar-refractivity contribution < 1.29 is 14.3 Å². The molecule has 0 spiro atoms. The first-order valence-electron chi connectivity index (χ1n) is 9.62. The minimum Gasteiger partial charge on any atom is -0.484 e. The largest absolute Gasteiger partial charge is 0.484 e. The van der Waals surface area contributed by atoms with Gasteiger partial charge in [-0.2, -0.15) is 0 Å². The van der Waals surface area contributed by atoms with Gasteiger partial charge in [0.25, 0.3) is 5.91 Å². The standard InChI is InChI=1S/C23H18ClN3O3S2/c24-15-6-8-16(9-7-15)25-22(29)14-31-23-27-19-11-10-17(12-20(19)32-23)26-21(28)13-30-18-4-2-1-3-5-18/h1-12H,13-14H2,(H,25,29)(H,26,28). The summed E-state index contributed by atoms with van der Waals surface area (Å²) < 4.78 is 7.17. The van der Waals surface area contributed by atoms with Gasteiger partial charge in [0.1, 0.15) is 5.75 Å². The summed E-state index contributed by atoms with van der Waals surface area (Å²) in [5, 5.41) is 6.27. The third-order valence-corrected chi connectivity index (χ3v) is 6.63. The number of aromatic nitrogens is 1. The zero-order valence-corrected chi connectivity index (χ0v) is 19.1. The Morgan fingerprint density at radius 2 is 1.66 bits per heavy atom. The predicted molar refractivity (Wildman–Crippen MR) is 131 cm³/mol. The second-order valence-corrected chi connectivity index (χ2v) is 9.35. The van der Waals surface area contributed by atoms with Crippen molar-refractivity contribution in [3.05, 3.63) is 77.8 Å². The second-order valence-electron chi connectivity index (χ2n) is 6.66. The lowest BCUT2D eigenvalue weighted by molar-refractivity contribution is -0.118. The lowest BCUT2D eigenvalue weighted by atomic mass is 10.3. The Balaban J connectivity index is 1.30. The number of carbonyl (C=O) groups is 2. The first-order chi connectivity index (χ1) is 15.5. The Bertz CT molecular complexity index is 1230. The fraction of sp³-hybridized carbons (Fsp3) is 0.0870. The molecular formula is C23H18ClN3O3S2. The molecule has 2 N–H and O–H groups in total. The summed E-state index contributed by atoms with van der Waals surface area (Å²) in [4.78, 5) is 28.9. The molecular weight excluding hydrogens is 466 g/mol. The van der Waals surface area contributed by atoms with Gasteiger partial charge >= 0.3 is 0 Å². The number of hydrogen-bond acceptors (Lipinski definition) is 6. The minimum atomic E-state index is -0.244. The number of rotatable bonds is 8. The van der Waals surface area contributed by atoms with Crippen LogP contribution in [0.2, 0.25) is 5.02 Å². The molecule has 9 heteroatoms. The van der Waals surface area contributed by atoms with Gasteiger partial charge in [0.2, 0.25) is 5.91 Å². The number of para-hydroxylation sites is 1. The highest BCUT2D eigenvalue weighted by Crippen LogP contribution is 2.31. The monoisotopic (exact) mass is 483 g/mol. The van der Waals surface area contributed by atoms with E-state index in [4.69, 9.17) is 16.3 Å². The Kier molecular flexibility index (Phi) is 7.26. The molecule has 0 aliphatic rings. The molecule has 4 rings (SSSR count). The molecule has 32 heavy (non-hydrogen) atoms. The lowest BCUT2D eigenvalue weighted by Gasteiger charge is -2.07. The van der Waals surface area contributed by atoms with Gasteiger partial charge < -0.3 is 15.4 Å². The quantitative estimate of drug-likeness (QED) is 0.314. The van der Waals surface area contributed by atoms with Gasteiger partial charge in [-0.3, -0.25) is 9.59 Å². The summed E-state index contributed by atoms with van der Waals surface area (Å²) in [5.41, 5.74) is 2.18. The number of fused-ring (bicyclic) bond motifs is 1. The number of carbonyl (C=O) groups excluding carboxylic acids is 2. The Morgan fingerprint density at radius 1 is 0.938 bits per heavy atom. The van der Waals surface area contributed by atoms with E-state index < -0.39 is 0 Å². The maximum Gasteiger partial charge on any atom is 0.262 e. The molecule has 0 fully saturated rings. The van der Waals surface area contributed by atoms with Gasteiger partial charge in [0.05, 0.1) is 16.0 Å². The number of thiazole rings is 1. The molecule has 0 aliphatic heterocycles. The van der Waals surface area contributed by atoms with Gasteiger partial charge in [0, 0.05) is 16.4 Å². The molecule has 1 aromatic heterocycles. The van der Waals surface area contributed by atoms with Crippen molar-refractivity contribution >= 4 is 68.1 Å². The average Bonchev–Trinajstić information content (AvgIpc) is 3.21. The van der Waals surface area contributed by atoms with E-state index in [0.717, 1.165) is 14.6 Å². The van der Waals surface area contributed by atoms with Gasteiger partial charge in [-0.05, 0) is 54.6 Å². The van der Waals surface area contributed by atoms with Crippen LogP contribution in [-0.2, 0) is 9.59 Å². The number of benzene rings is 3. The van der Waals surface area contributed by atoms with Gasteiger partial charge in [-0.25, -0.2) is 4.98 Å². The fourth-order valence-electron chi connectivity index (χ4n) is 2.76. The topological polar surface area (TPSA) is 80.3 Å². The molecule has 0 saturated heterocycles. The first kappa shape index (κ1) is 22.1. The van der Waals surface area contributed by atoms with Crippen LogP contribution in [0.25, 0.3) is 10.2 Å². The van der Waals surface area contributed by atoms with Crippen LogP contribution in [0, 0.1) is 0 Å².